The number of imidazole rings is 1. The van der Waals surface area contributed by atoms with Crippen molar-refractivity contribution in [3.8, 4) is 0 Å². The molecule has 0 unspecified atom stereocenters. The highest BCUT2D eigenvalue weighted by molar-refractivity contribution is 5.76. The lowest BCUT2D eigenvalue weighted by atomic mass is 10.1. The molecule has 3 rings (SSSR count). The number of benzene rings is 1. The van der Waals surface area contributed by atoms with Gasteiger partial charge in [0.1, 0.15) is 18.2 Å². The Bertz CT molecular complexity index is 590. The molecule has 1 saturated heterocycles. The molecule has 5 heteroatoms. The standard InChI is InChI=1S/C15H20FN3O/c1-2-19-14-4-3-11(16)9-13(14)18-15(19)10-20-12-5-7-17-8-6-12/h3-4,9,12,17H,2,5-8,10H2,1H3. The maximum atomic E-state index is 13.3. The monoisotopic (exact) mass is 277 g/mol. The molecule has 1 aliphatic rings. The highest BCUT2D eigenvalue weighted by Crippen LogP contribution is 2.19. The van der Waals surface area contributed by atoms with Crippen molar-refractivity contribution >= 4 is 11.0 Å². The van der Waals surface area contributed by atoms with E-state index in [9.17, 15) is 4.39 Å². The molecule has 1 fully saturated rings. The molecule has 0 saturated carbocycles. The van der Waals surface area contributed by atoms with Crippen molar-refractivity contribution in [3.63, 3.8) is 0 Å². The molecular formula is C15H20FN3O. The quantitative estimate of drug-likeness (QED) is 0.933. The molecule has 0 amide bonds. The molecule has 1 aliphatic heterocycles. The summed E-state index contributed by atoms with van der Waals surface area (Å²) < 4.78 is 21.3. The normalized spacial score (nSPS) is 16.9. The van der Waals surface area contributed by atoms with Crippen LogP contribution in [-0.2, 0) is 17.9 Å². The summed E-state index contributed by atoms with van der Waals surface area (Å²) in [6.07, 6.45) is 2.39. The van der Waals surface area contributed by atoms with Gasteiger partial charge in [-0.3, -0.25) is 0 Å². The fourth-order valence-electron chi connectivity index (χ4n) is 2.77. The number of fused-ring (bicyclic) bond motifs is 1. The van der Waals surface area contributed by atoms with Crippen molar-refractivity contribution in [2.24, 2.45) is 0 Å². The van der Waals surface area contributed by atoms with E-state index in [-0.39, 0.29) is 5.82 Å². The Balaban J connectivity index is 1.79. The van der Waals surface area contributed by atoms with Crippen LogP contribution in [0.15, 0.2) is 18.2 Å². The van der Waals surface area contributed by atoms with Crippen LogP contribution in [0.2, 0.25) is 0 Å². The first-order chi connectivity index (χ1) is 9.78. The molecule has 1 aromatic heterocycles. The lowest BCUT2D eigenvalue weighted by molar-refractivity contribution is 0.0167. The van der Waals surface area contributed by atoms with Gasteiger partial charge < -0.3 is 14.6 Å². The minimum atomic E-state index is -0.246. The molecule has 2 heterocycles. The van der Waals surface area contributed by atoms with Gasteiger partial charge in [0.25, 0.3) is 0 Å². The van der Waals surface area contributed by atoms with E-state index in [1.807, 2.05) is 0 Å². The molecule has 0 radical (unpaired) electrons. The van der Waals surface area contributed by atoms with E-state index < -0.39 is 0 Å². The summed E-state index contributed by atoms with van der Waals surface area (Å²) in [6.45, 7) is 5.40. The zero-order chi connectivity index (χ0) is 13.9. The second-order valence-corrected chi connectivity index (χ2v) is 5.17. The molecule has 1 aromatic carbocycles. The van der Waals surface area contributed by atoms with E-state index >= 15 is 0 Å². The van der Waals surface area contributed by atoms with E-state index in [0.717, 1.165) is 43.8 Å². The lowest BCUT2D eigenvalue weighted by Gasteiger charge is -2.22. The summed E-state index contributed by atoms with van der Waals surface area (Å²) in [7, 11) is 0. The van der Waals surface area contributed by atoms with Crippen LogP contribution in [0, 0.1) is 5.82 Å². The second kappa shape index (κ2) is 5.89. The van der Waals surface area contributed by atoms with Gasteiger partial charge in [0.2, 0.25) is 0 Å². The van der Waals surface area contributed by atoms with Gasteiger partial charge in [-0.25, -0.2) is 9.37 Å². The predicted molar refractivity (Wildman–Crippen MR) is 76.0 cm³/mol. The molecule has 2 aromatic rings. The zero-order valence-corrected chi connectivity index (χ0v) is 11.7. The molecular weight excluding hydrogens is 257 g/mol. The van der Waals surface area contributed by atoms with Gasteiger partial charge in [0, 0.05) is 12.6 Å². The molecule has 0 aliphatic carbocycles. The number of ether oxygens (including phenoxy) is 1. The predicted octanol–water partition coefficient (Wildman–Crippen LogP) is 2.46. The summed E-state index contributed by atoms with van der Waals surface area (Å²) in [4.78, 5) is 4.51. The number of nitrogens with zero attached hydrogens (tertiary/aromatic N) is 2. The minimum Gasteiger partial charge on any atom is -0.370 e. The first-order valence-electron chi connectivity index (χ1n) is 7.25. The molecule has 0 bridgehead atoms. The Hall–Kier alpha value is -1.46. The average Bonchev–Trinajstić information content (AvgIpc) is 2.82. The van der Waals surface area contributed by atoms with Gasteiger partial charge in [0.15, 0.2) is 0 Å². The molecule has 0 spiro atoms. The van der Waals surface area contributed by atoms with Crippen LogP contribution in [0.3, 0.4) is 0 Å². The number of hydrogen-bond donors (Lipinski definition) is 1. The number of rotatable bonds is 4. The Kier molecular flexibility index (Phi) is 3.98. The van der Waals surface area contributed by atoms with Crippen LogP contribution in [0.5, 0.6) is 0 Å². The maximum Gasteiger partial charge on any atom is 0.135 e. The molecule has 1 N–H and O–H groups in total. The summed E-state index contributed by atoms with van der Waals surface area (Å²) in [5, 5.41) is 3.32. The number of aromatic nitrogens is 2. The van der Waals surface area contributed by atoms with Crippen molar-refractivity contribution in [1.82, 2.24) is 14.9 Å². The number of hydrogen-bond acceptors (Lipinski definition) is 3. The Morgan fingerprint density at radius 2 is 2.20 bits per heavy atom. The second-order valence-electron chi connectivity index (χ2n) is 5.17. The summed E-state index contributed by atoms with van der Waals surface area (Å²) in [6, 6.07) is 4.75. The van der Waals surface area contributed by atoms with Gasteiger partial charge in [-0.15, -0.1) is 0 Å². The van der Waals surface area contributed by atoms with Gasteiger partial charge in [-0.1, -0.05) is 0 Å². The third-order valence-corrected chi connectivity index (χ3v) is 3.84. The first-order valence-corrected chi connectivity index (χ1v) is 7.25. The number of halogens is 1. The SMILES string of the molecule is CCn1c(COC2CCNCC2)nc2cc(F)ccc21. The van der Waals surface area contributed by atoms with Crippen LogP contribution in [0.4, 0.5) is 4.39 Å². The van der Waals surface area contributed by atoms with E-state index in [4.69, 9.17) is 4.74 Å². The highest BCUT2D eigenvalue weighted by Gasteiger charge is 2.16. The van der Waals surface area contributed by atoms with E-state index in [0.29, 0.717) is 18.2 Å². The zero-order valence-electron chi connectivity index (χ0n) is 11.7. The van der Waals surface area contributed by atoms with Gasteiger partial charge in [0.05, 0.1) is 17.1 Å². The molecule has 108 valence electrons. The first kappa shape index (κ1) is 13.5. The van der Waals surface area contributed by atoms with E-state index in [1.54, 1.807) is 6.07 Å². The van der Waals surface area contributed by atoms with E-state index in [2.05, 4.69) is 21.8 Å². The van der Waals surface area contributed by atoms with Gasteiger partial charge >= 0.3 is 0 Å². The van der Waals surface area contributed by atoms with Crippen molar-refractivity contribution < 1.29 is 9.13 Å². The number of aryl methyl sites for hydroxylation is 1. The fraction of sp³-hybridized carbons (Fsp3) is 0.533. The molecule has 0 atom stereocenters. The Morgan fingerprint density at radius 1 is 1.40 bits per heavy atom. The third kappa shape index (κ3) is 2.69. The Labute approximate surface area is 117 Å². The van der Waals surface area contributed by atoms with Crippen molar-refractivity contribution in [2.75, 3.05) is 13.1 Å². The summed E-state index contributed by atoms with van der Waals surface area (Å²) >= 11 is 0. The van der Waals surface area contributed by atoms with Crippen LogP contribution in [-0.4, -0.2) is 28.7 Å². The van der Waals surface area contributed by atoms with Crippen LogP contribution >= 0.6 is 0 Å². The van der Waals surface area contributed by atoms with Crippen LogP contribution in [0.1, 0.15) is 25.6 Å². The largest absolute Gasteiger partial charge is 0.370 e. The van der Waals surface area contributed by atoms with Gasteiger partial charge in [-0.05, 0) is 45.0 Å². The lowest BCUT2D eigenvalue weighted by Crippen LogP contribution is -2.32. The van der Waals surface area contributed by atoms with Crippen molar-refractivity contribution in [3.05, 3.63) is 29.8 Å². The minimum absolute atomic E-state index is 0.246. The summed E-state index contributed by atoms with van der Waals surface area (Å²) in [5.74, 6) is 0.635. The van der Waals surface area contributed by atoms with Crippen LogP contribution < -0.4 is 5.32 Å². The maximum absolute atomic E-state index is 13.3. The van der Waals surface area contributed by atoms with E-state index in [1.165, 1.54) is 12.1 Å². The molecule has 4 nitrogen and oxygen atoms in total. The Morgan fingerprint density at radius 3 is 2.95 bits per heavy atom. The number of nitrogens with one attached hydrogen (secondary N) is 1. The third-order valence-electron chi connectivity index (χ3n) is 3.84. The molecule has 20 heavy (non-hydrogen) atoms. The fourth-order valence-corrected chi connectivity index (χ4v) is 2.77. The van der Waals surface area contributed by atoms with Crippen molar-refractivity contribution in [2.45, 2.75) is 39.0 Å². The highest BCUT2D eigenvalue weighted by atomic mass is 19.1. The van der Waals surface area contributed by atoms with Gasteiger partial charge in [-0.2, -0.15) is 0 Å². The summed E-state index contributed by atoms with van der Waals surface area (Å²) in [5.41, 5.74) is 1.67. The number of piperidine rings is 1. The topological polar surface area (TPSA) is 39.1 Å². The van der Waals surface area contributed by atoms with Crippen LogP contribution in [0.25, 0.3) is 11.0 Å². The van der Waals surface area contributed by atoms with Crippen molar-refractivity contribution in [1.29, 1.82) is 0 Å². The average molecular weight is 277 g/mol. The smallest absolute Gasteiger partial charge is 0.135 e.